The predicted octanol–water partition coefficient (Wildman–Crippen LogP) is 3.62. The van der Waals surface area contributed by atoms with Gasteiger partial charge in [-0.15, -0.1) is 11.3 Å². The van der Waals surface area contributed by atoms with Crippen LogP contribution in [0.1, 0.15) is 15.2 Å². The van der Waals surface area contributed by atoms with E-state index in [0.717, 1.165) is 6.07 Å². The molecule has 0 saturated carbocycles. The van der Waals surface area contributed by atoms with Crippen molar-refractivity contribution in [3.05, 3.63) is 34.7 Å². The molecule has 0 aliphatic rings. The number of benzene rings is 1. The average molecular weight is 246 g/mol. The van der Waals surface area contributed by atoms with Gasteiger partial charge in [0, 0.05) is 4.70 Å². The fourth-order valence-electron chi connectivity index (χ4n) is 1.30. The highest BCUT2D eigenvalue weighted by atomic mass is 32.1. The summed E-state index contributed by atoms with van der Waals surface area (Å²) in [7, 11) is 0. The lowest BCUT2D eigenvalue weighted by Crippen LogP contribution is -2.00. The van der Waals surface area contributed by atoms with E-state index in [0.29, 0.717) is 21.4 Å². The summed E-state index contributed by atoms with van der Waals surface area (Å²) in [6.07, 6.45) is -4.38. The van der Waals surface area contributed by atoms with Crippen LogP contribution < -0.4 is 0 Å². The van der Waals surface area contributed by atoms with E-state index in [1.807, 2.05) is 0 Å². The molecule has 0 amide bonds. The van der Waals surface area contributed by atoms with Gasteiger partial charge in [0.1, 0.15) is 4.88 Å². The summed E-state index contributed by atoms with van der Waals surface area (Å²) in [6.45, 7) is 0. The first-order chi connectivity index (χ1) is 7.38. The number of hydrogen-bond donors (Lipinski definition) is 1. The standard InChI is InChI=1S/C10H5F3O2S/c11-10(12,13)8-4-5-1-2-6(9(14)15)3-7(5)16-8/h1-4H,(H,14,15). The quantitative estimate of drug-likeness (QED) is 0.834. The van der Waals surface area contributed by atoms with Crippen molar-refractivity contribution in [3.63, 3.8) is 0 Å². The first kappa shape index (κ1) is 10.9. The van der Waals surface area contributed by atoms with Crippen LogP contribution >= 0.6 is 11.3 Å². The van der Waals surface area contributed by atoms with E-state index < -0.39 is 17.0 Å². The molecule has 0 bridgehead atoms. The minimum absolute atomic E-state index is 0.0110. The van der Waals surface area contributed by atoms with E-state index in [1.165, 1.54) is 18.2 Å². The summed E-state index contributed by atoms with van der Waals surface area (Å²) in [5.74, 6) is -1.15. The Balaban J connectivity index is 2.59. The highest BCUT2D eigenvalue weighted by Crippen LogP contribution is 2.38. The second-order valence-corrected chi connectivity index (χ2v) is 4.25. The van der Waals surface area contributed by atoms with Crippen LogP contribution in [0, 0.1) is 0 Å². The lowest BCUT2D eigenvalue weighted by Gasteiger charge is -1.99. The van der Waals surface area contributed by atoms with Crippen LogP contribution in [0.5, 0.6) is 0 Å². The van der Waals surface area contributed by atoms with Crippen LogP contribution in [0.25, 0.3) is 10.1 Å². The van der Waals surface area contributed by atoms with Crippen LogP contribution in [0.4, 0.5) is 13.2 Å². The molecular formula is C10H5F3O2S. The van der Waals surface area contributed by atoms with E-state index in [1.54, 1.807) is 0 Å². The van der Waals surface area contributed by atoms with Crippen molar-refractivity contribution in [1.82, 2.24) is 0 Å². The summed E-state index contributed by atoms with van der Waals surface area (Å²) in [4.78, 5) is 9.91. The van der Waals surface area contributed by atoms with Crippen molar-refractivity contribution in [2.75, 3.05) is 0 Å². The van der Waals surface area contributed by atoms with Gasteiger partial charge in [0.25, 0.3) is 0 Å². The third-order valence-corrected chi connectivity index (χ3v) is 3.19. The second kappa shape index (κ2) is 3.48. The number of halogens is 3. The van der Waals surface area contributed by atoms with E-state index in [2.05, 4.69) is 0 Å². The molecule has 0 spiro atoms. The first-order valence-electron chi connectivity index (χ1n) is 4.22. The van der Waals surface area contributed by atoms with Crippen LogP contribution in [-0.4, -0.2) is 11.1 Å². The largest absolute Gasteiger partial charge is 0.478 e. The molecule has 1 N–H and O–H groups in total. The molecule has 0 aliphatic carbocycles. The number of rotatable bonds is 1. The van der Waals surface area contributed by atoms with Crippen molar-refractivity contribution in [1.29, 1.82) is 0 Å². The van der Waals surface area contributed by atoms with Crippen molar-refractivity contribution < 1.29 is 23.1 Å². The molecule has 1 aromatic carbocycles. The zero-order valence-electron chi connectivity index (χ0n) is 7.71. The first-order valence-corrected chi connectivity index (χ1v) is 5.03. The molecule has 1 heterocycles. The van der Waals surface area contributed by atoms with Crippen molar-refractivity contribution in [2.24, 2.45) is 0 Å². The number of fused-ring (bicyclic) bond motifs is 1. The molecule has 0 radical (unpaired) electrons. The number of carbonyl (C=O) groups is 1. The number of hydrogen-bond acceptors (Lipinski definition) is 2. The van der Waals surface area contributed by atoms with Gasteiger partial charge in [0.2, 0.25) is 0 Å². The lowest BCUT2D eigenvalue weighted by molar-refractivity contribution is -0.134. The summed E-state index contributed by atoms with van der Waals surface area (Å²) in [5, 5.41) is 9.10. The normalized spacial score (nSPS) is 11.9. The minimum Gasteiger partial charge on any atom is -0.478 e. The van der Waals surface area contributed by atoms with Crippen molar-refractivity contribution >= 4 is 27.4 Å². The topological polar surface area (TPSA) is 37.3 Å². The Morgan fingerprint density at radius 3 is 2.50 bits per heavy atom. The molecule has 0 fully saturated rings. The number of aromatic carboxylic acids is 1. The van der Waals surface area contributed by atoms with Gasteiger partial charge in [-0.3, -0.25) is 0 Å². The summed E-state index contributed by atoms with van der Waals surface area (Å²) in [6, 6.07) is 4.94. The van der Waals surface area contributed by atoms with Crippen LogP contribution in [-0.2, 0) is 6.18 Å². The monoisotopic (exact) mass is 246 g/mol. The fraction of sp³-hybridized carbons (Fsp3) is 0.100. The molecule has 0 atom stereocenters. The average Bonchev–Trinajstić information content (AvgIpc) is 2.58. The summed E-state index contributed by atoms with van der Waals surface area (Å²) < 4.78 is 37.5. The smallest absolute Gasteiger partial charge is 0.425 e. The van der Waals surface area contributed by atoms with E-state index in [4.69, 9.17) is 5.11 Å². The Morgan fingerprint density at radius 2 is 1.94 bits per heavy atom. The highest BCUT2D eigenvalue weighted by molar-refractivity contribution is 7.19. The Hall–Kier alpha value is -1.56. The Labute approximate surface area is 91.9 Å². The van der Waals surface area contributed by atoms with Gasteiger partial charge in [0.15, 0.2) is 0 Å². The Bertz CT molecular complexity index is 557. The van der Waals surface area contributed by atoms with Crippen LogP contribution in [0.3, 0.4) is 0 Å². The molecular weight excluding hydrogens is 241 g/mol. The van der Waals surface area contributed by atoms with E-state index in [9.17, 15) is 18.0 Å². The molecule has 16 heavy (non-hydrogen) atoms. The number of thiophene rings is 1. The molecule has 84 valence electrons. The van der Waals surface area contributed by atoms with E-state index in [-0.39, 0.29) is 5.56 Å². The lowest BCUT2D eigenvalue weighted by atomic mass is 10.2. The third-order valence-electron chi connectivity index (χ3n) is 2.05. The van der Waals surface area contributed by atoms with Crippen molar-refractivity contribution in [2.45, 2.75) is 6.18 Å². The maximum atomic E-state index is 12.4. The van der Waals surface area contributed by atoms with Gasteiger partial charge in [-0.05, 0) is 23.6 Å². The molecule has 0 saturated heterocycles. The van der Waals surface area contributed by atoms with Crippen molar-refractivity contribution in [3.8, 4) is 0 Å². The van der Waals surface area contributed by atoms with E-state index >= 15 is 0 Å². The Kier molecular flexibility index (Phi) is 2.38. The number of carboxylic acid groups (broad SMARTS) is 1. The van der Waals surface area contributed by atoms with Crippen LogP contribution in [0.15, 0.2) is 24.3 Å². The third kappa shape index (κ3) is 1.88. The Morgan fingerprint density at radius 1 is 1.25 bits per heavy atom. The highest BCUT2D eigenvalue weighted by Gasteiger charge is 2.32. The van der Waals surface area contributed by atoms with Gasteiger partial charge in [-0.1, -0.05) is 6.07 Å². The predicted molar refractivity (Wildman–Crippen MR) is 53.8 cm³/mol. The van der Waals surface area contributed by atoms with Gasteiger partial charge in [0.05, 0.1) is 5.56 Å². The van der Waals surface area contributed by atoms with Gasteiger partial charge >= 0.3 is 12.1 Å². The molecule has 2 rings (SSSR count). The zero-order chi connectivity index (χ0) is 11.9. The number of alkyl halides is 3. The molecule has 2 nitrogen and oxygen atoms in total. The maximum absolute atomic E-state index is 12.4. The van der Waals surface area contributed by atoms with Gasteiger partial charge in [-0.25, -0.2) is 4.79 Å². The summed E-state index contributed by atoms with van der Waals surface area (Å²) >= 11 is 0.547. The maximum Gasteiger partial charge on any atom is 0.425 e. The summed E-state index contributed by atoms with van der Waals surface area (Å²) in [5.41, 5.74) is -0.0110. The molecule has 2 aromatic rings. The SMILES string of the molecule is O=C(O)c1ccc2cc(C(F)(F)F)sc2c1. The molecule has 1 aromatic heterocycles. The minimum atomic E-state index is -4.38. The van der Waals surface area contributed by atoms with Gasteiger partial charge in [-0.2, -0.15) is 13.2 Å². The molecule has 6 heteroatoms. The fourth-order valence-corrected chi connectivity index (χ4v) is 2.27. The molecule has 0 aliphatic heterocycles. The van der Waals surface area contributed by atoms with Crippen LogP contribution in [0.2, 0.25) is 0 Å². The molecule has 0 unspecified atom stereocenters. The number of carboxylic acids is 1. The second-order valence-electron chi connectivity index (χ2n) is 3.17. The zero-order valence-corrected chi connectivity index (χ0v) is 8.52. The van der Waals surface area contributed by atoms with Gasteiger partial charge < -0.3 is 5.11 Å².